The molecular formula is C14H14N2O3S. The van der Waals surface area contributed by atoms with Crippen LogP contribution in [0.4, 0.5) is 0 Å². The SMILES string of the molecule is CCC(=O)Cc1nc(C2CSc3ccccc3O2)no1. The number of hydrogen-bond donors (Lipinski definition) is 0. The lowest BCUT2D eigenvalue weighted by atomic mass is 10.2. The van der Waals surface area contributed by atoms with E-state index in [-0.39, 0.29) is 18.3 Å². The van der Waals surface area contributed by atoms with Crippen molar-refractivity contribution in [2.45, 2.75) is 30.8 Å². The summed E-state index contributed by atoms with van der Waals surface area (Å²) in [5.74, 6) is 2.52. The summed E-state index contributed by atoms with van der Waals surface area (Å²) in [5, 5.41) is 3.92. The third-order valence-electron chi connectivity index (χ3n) is 3.02. The van der Waals surface area contributed by atoms with Crippen LogP contribution in [0.15, 0.2) is 33.7 Å². The monoisotopic (exact) mass is 290 g/mol. The first-order valence-electron chi connectivity index (χ1n) is 6.49. The van der Waals surface area contributed by atoms with E-state index in [1.165, 1.54) is 0 Å². The summed E-state index contributed by atoms with van der Waals surface area (Å²) in [7, 11) is 0. The van der Waals surface area contributed by atoms with Gasteiger partial charge in [0, 0.05) is 17.1 Å². The molecule has 0 aliphatic carbocycles. The Kier molecular flexibility index (Phi) is 3.73. The summed E-state index contributed by atoms with van der Waals surface area (Å²) in [4.78, 5) is 16.7. The number of nitrogens with zero attached hydrogens (tertiary/aromatic N) is 2. The number of benzene rings is 1. The van der Waals surface area contributed by atoms with Gasteiger partial charge in [-0.3, -0.25) is 4.79 Å². The number of hydrogen-bond acceptors (Lipinski definition) is 6. The number of carbonyl (C=O) groups is 1. The molecule has 0 saturated carbocycles. The van der Waals surface area contributed by atoms with Gasteiger partial charge in [0.1, 0.15) is 11.5 Å². The summed E-state index contributed by atoms with van der Waals surface area (Å²) >= 11 is 1.71. The van der Waals surface area contributed by atoms with Crippen LogP contribution in [0.3, 0.4) is 0 Å². The van der Waals surface area contributed by atoms with E-state index in [1.54, 1.807) is 11.8 Å². The van der Waals surface area contributed by atoms with E-state index in [4.69, 9.17) is 9.26 Å². The molecule has 1 unspecified atom stereocenters. The molecule has 104 valence electrons. The van der Waals surface area contributed by atoms with Crippen molar-refractivity contribution in [1.29, 1.82) is 0 Å². The van der Waals surface area contributed by atoms with Crippen LogP contribution in [0.5, 0.6) is 5.75 Å². The van der Waals surface area contributed by atoms with Crippen LogP contribution >= 0.6 is 11.8 Å². The van der Waals surface area contributed by atoms with Crippen LogP contribution in [0.1, 0.15) is 31.2 Å². The molecule has 1 aromatic carbocycles. The maximum Gasteiger partial charge on any atom is 0.234 e. The summed E-state index contributed by atoms with van der Waals surface area (Å²) in [6.07, 6.45) is 0.435. The highest BCUT2D eigenvalue weighted by atomic mass is 32.2. The molecule has 3 rings (SSSR count). The lowest BCUT2D eigenvalue weighted by molar-refractivity contribution is -0.118. The first-order chi connectivity index (χ1) is 9.76. The Hall–Kier alpha value is -1.82. The number of para-hydroxylation sites is 1. The van der Waals surface area contributed by atoms with Crippen LogP contribution in [0.25, 0.3) is 0 Å². The predicted octanol–water partition coefficient (Wildman–Crippen LogP) is 2.82. The van der Waals surface area contributed by atoms with Crippen molar-refractivity contribution in [3.63, 3.8) is 0 Å². The van der Waals surface area contributed by atoms with Gasteiger partial charge in [0.2, 0.25) is 11.7 Å². The van der Waals surface area contributed by atoms with Crippen LogP contribution in [0.2, 0.25) is 0 Å². The molecule has 20 heavy (non-hydrogen) atoms. The second-order valence-electron chi connectivity index (χ2n) is 4.48. The van der Waals surface area contributed by atoms with Crippen LogP contribution in [-0.4, -0.2) is 21.7 Å². The van der Waals surface area contributed by atoms with E-state index < -0.39 is 0 Å². The van der Waals surface area contributed by atoms with Crippen molar-refractivity contribution >= 4 is 17.5 Å². The van der Waals surface area contributed by atoms with E-state index in [1.807, 2.05) is 31.2 Å². The highest BCUT2D eigenvalue weighted by Gasteiger charge is 2.26. The predicted molar refractivity (Wildman–Crippen MR) is 73.8 cm³/mol. The van der Waals surface area contributed by atoms with Crippen molar-refractivity contribution in [3.05, 3.63) is 36.0 Å². The second-order valence-corrected chi connectivity index (χ2v) is 5.54. The lowest BCUT2D eigenvalue weighted by Crippen LogP contribution is -2.16. The quantitative estimate of drug-likeness (QED) is 0.862. The molecule has 1 aliphatic heterocycles. The zero-order valence-corrected chi connectivity index (χ0v) is 11.9. The Balaban J connectivity index is 1.73. The van der Waals surface area contributed by atoms with Crippen molar-refractivity contribution < 1.29 is 14.1 Å². The van der Waals surface area contributed by atoms with E-state index >= 15 is 0 Å². The van der Waals surface area contributed by atoms with Gasteiger partial charge in [-0.1, -0.05) is 24.2 Å². The van der Waals surface area contributed by atoms with Crippen LogP contribution < -0.4 is 4.74 Å². The number of thioether (sulfide) groups is 1. The van der Waals surface area contributed by atoms with E-state index in [9.17, 15) is 4.79 Å². The van der Waals surface area contributed by atoms with Gasteiger partial charge in [-0.05, 0) is 12.1 Å². The van der Waals surface area contributed by atoms with Crippen molar-refractivity contribution in [2.75, 3.05) is 5.75 Å². The fourth-order valence-corrected chi connectivity index (χ4v) is 2.89. The largest absolute Gasteiger partial charge is 0.480 e. The zero-order valence-electron chi connectivity index (χ0n) is 11.0. The van der Waals surface area contributed by atoms with Crippen LogP contribution in [-0.2, 0) is 11.2 Å². The van der Waals surface area contributed by atoms with Gasteiger partial charge < -0.3 is 9.26 Å². The van der Waals surface area contributed by atoms with Gasteiger partial charge in [-0.15, -0.1) is 11.8 Å². The topological polar surface area (TPSA) is 65.2 Å². The molecule has 1 aliphatic rings. The number of ether oxygens (including phenoxy) is 1. The first-order valence-corrected chi connectivity index (χ1v) is 7.47. The maximum absolute atomic E-state index is 11.4. The molecule has 6 heteroatoms. The number of carbonyl (C=O) groups excluding carboxylic acids is 1. The standard InChI is InChI=1S/C14H14N2O3S/c1-2-9(17)7-13-15-14(16-19-13)11-8-20-12-6-4-3-5-10(12)18-11/h3-6,11H,2,7-8H2,1H3. The molecule has 0 fully saturated rings. The Morgan fingerprint density at radius 2 is 2.30 bits per heavy atom. The van der Waals surface area contributed by atoms with Gasteiger partial charge in [0.05, 0.1) is 6.42 Å². The molecule has 0 N–H and O–H groups in total. The smallest absolute Gasteiger partial charge is 0.234 e. The number of aromatic nitrogens is 2. The fraction of sp³-hybridized carbons (Fsp3) is 0.357. The minimum absolute atomic E-state index is 0.0875. The fourth-order valence-electron chi connectivity index (χ4n) is 1.91. The van der Waals surface area contributed by atoms with Crippen LogP contribution in [0, 0.1) is 0 Å². The maximum atomic E-state index is 11.4. The Morgan fingerprint density at radius 1 is 1.45 bits per heavy atom. The molecular weight excluding hydrogens is 276 g/mol. The number of fused-ring (bicyclic) bond motifs is 1. The van der Waals surface area contributed by atoms with E-state index in [0.717, 1.165) is 16.4 Å². The number of rotatable bonds is 4. The average Bonchev–Trinajstić information content (AvgIpc) is 2.95. The average molecular weight is 290 g/mol. The van der Waals surface area contributed by atoms with Gasteiger partial charge in [-0.2, -0.15) is 4.98 Å². The normalized spacial score (nSPS) is 17.4. The Morgan fingerprint density at radius 3 is 3.15 bits per heavy atom. The molecule has 1 aromatic heterocycles. The summed E-state index contributed by atoms with van der Waals surface area (Å²) < 4.78 is 11.0. The van der Waals surface area contributed by atoms with Gasteiger partial charge in [0.15, 0.2) is 6.10 Å². The highest BCUT2D eigenvalue weighted by molar-refractivity contribution is 7.99. The molecule has 1 atom stereocenters. The van der Waals surface area contributed by atoms with Gasteiger partial charge >= 0.3 is 0 Å². The Labute approximate surface area is 120 Å². The summed E-state index contributed by atoms with van der Waals surface area (Å²) in [5.41, 5.74) is 0. The van der Waals surface area contributed by atoms with Gasteiger partial charge in [0.25, 0.3) is 0 Å². The molecule has 0 radical (unpaired) electrons. The minimum Gasteiger partial charge on any atom is -0.480 e. The van der Waals surface area contributed by atoms with Gasteiger partial charge in [-0.25, -0.2) is 0 Å². The number of Topliss-reactive ketones (excluding diaryl/α,β-unsaturated/α-hetero) is 1. The molecule has 0 amide bonds. The van der Waals surface area contributed by atoms with E-state index in [2.05, 4.69) is 10.1 Å². The highest BCUT2D eigenvalue weighted by Crippen LogP contribution is 2.39. The second kappa shape index (κ2) is 5.66. The van der Waals surface area contributed by atoms with Crippen molar-refractivity contribution in [1.82, 2.24) is 10.1 Å². The molecule has 0 saturated heterocycles. The van der Waals surface area contributed by atoms with E-state index in [0.29, 0.717) is 18.1 Å². The summed E-state index contributed by atoms with van der Waals surface area (Å²) in [6, 6.07) is 7.87. The molecule has 2 aromatic rings. The lowest BCUT2D eigenvalue weighted by Gasteiger charge is -2.22. The minimum atomic E-state index is -0.232. The third-order valence-corrected chi connectivity index (χ3v) is 4.14. The van der Waals surface area contributed by atoms with Crippen molar-refractivity contribution in [2.24, 2.45) is 0 Å². The molecule has 5 nitrogen and oxygen atoms in total. The third kappa shape index (κ3) is 2.70. The first kappa shape index (κ1) is 13.2. The Bertz CT molecular complexity index is 626. The summed E-state index contributed by atoms with van der Waals surface area (Å²) in [6.45, 7) is 1.82. The molecule has 2 heterocycles. The number of ketones is 1. The zero-order chi connectivity index (χ0) is 13.9. The molecule has 0 spiro atoms. The molecule has 0 bridgehead atoms. The van der Waals surface area contributed by atoms with Crippen molar-refractivity contribution in [3.8, 4) is 5.75 Å².